The molecule has 0 bridgehead atoms. The molecule has 0 heterocycles. The van der Waals surface area contributed by atoms with Crippen molar-refractivity contribution in [3.8, 4) is 0 Å². The van der Waals surface area contributed by atoms with Gasteiger partial charge in [-0.25, -0.2) is 9.59 Å². The minimum atomic E-state index is -0.601. The van der Waals surface area contributed by atoms with Crippen LogP contribution >= 0.6 is 0 Å². The lowest BCUT2D eigenvalue weighted by atomic mass is 10.2. The zero-order chi connectivity index (χ0) is 13.8. The number of rotatable bonds is 9. The Morgan fingerprint density at radius 1 is 1.06 bits per heavy atom. The van der Waals surface area contributed by atoms with Gasteiger partial charge in [-0.1, -0.05) is 33.1 Å². The first-order valence-corrected chi connectivity index (χ1v) is 6.75. The van der Waals surface area contributed by atoms with Gasteiger partial charge in [0, 0.05) is 0 Å². The maximum absolute atomic E-state index is 11.7. The third-order valence-electron chi connectivity index (χ3n) is 2.42. The Bertz CT molecular complexity index is 243. The first kappa shape index (κ1) is 16.7. The van der Waals surface area contributed by atoms with Crippen LogP contribution in [0.3, 0.4) is 0 Å². The molecular formula is C13H25NO4. The van der Waals surface area contributed by atoms with Gasteiger partial charge in [0.1, 0.15) is 6.04 Å². The summed E-state index contributed by atoms with van der Waals surface area (Å²) in [6.45, 7) is 6.46. The molecule has 0 aromatic carbocycles. The van der Waals surface area contributed by atoms with E-state index in [-0.39, 0.29) is 12.6 Å². The minimum Gasteiger partial charge on any atom is -0.464 e. The highest BCUT2D eigenvalue weighted by atomic mass is 16.6. The average Bonchev–Trinajstić information content (AvgIpc) is 2.34. The number of amides is 1. The molecule has 0 spiro atoms. The van der Waals surface area contributed by atoms with Crippen molar-refractivity contribution < 1.29 is 19.1 Å². The van der Waals surface area contributed by atoms with Gasteiger partial charge < -0.3 is 14.8 Å². The van der Waals surface area contributed by atoms with E-state index in [1.807, 2.05) is 6.92 Å². The second kappa shape index (κ2) is 10.9. The Kier molecular flexibility index (Phi) is 10.1. The smallest absolute Gasteiger partial charge is 0.407 e. The third kappa shape index (κ3) is 7.92. The van der Waals surface area contributed by atoms with Gasteiger partial charge in [0.25, 0.3) is 0 Å². The van der Waals surface area contributed by atoms with E-state index in [0.717, 1.165) is 25.7 Å². The SMILES string of the molecule is CCCCCOC(=O)C(CCC)NC(=O)OCC. The maximum atomic E-state index is 11.7. The van der Waals surface area contributed by atoms with Gasteiger partial charge in [-0.15, -0.1) is 0 Å². The van der Waals surface area contributed by atoms with Crippen molar-refractivity contribution in [2.75, 3.05) is 13.2 Å². The number of unbranched alkanes of at least 4 members (excludes halogenated alkanes) is 2. The number of esters is 1. The summed E-state index contributed by atoms with van der Waals surface area (Å²) in [5.41, 5.74) is 0. The molecule has 0 aliphatic heterocycles. The van der Waals surface area contributed by atoms with Crippen LogP contribution in [0.2, 0.25) is 0 Å². The second-order valence-electron chi connectivity index (χ2n) is 4.08. The van der Waals surface area contributed by atoms with Gasteiger partial charge >= 0.3 is 12.1 Å². The molecule has 1 unspecified atom stereocenters. The highest BCUT2D eigenvalue weighted by Crippen LogP contribution is 2.02. The van der Waals surface area contributed by atoms with Crippen LogP contribution in [0.25, 0.3) is 0 Å². The van der Waals surface area contributed by atoms with Gasteiger partial charge in [-0.3, -0.25) is 0 Å². The fourth-order valence-electron chi connectivity index (χ4n) is 1.48. The Labute approximate surface area is 109 Å². The van der Waals surface area contributed by atoms with Crippen LogP contribution in [0.15, 0.2) is 0 Å². The van der Waals surface area contributed by atoms with Crippen LogP contribution in [-0.4, -0.2) is 31.3 Å². The predicted molar refractivity (Wildman–Crippen MR) is 69.3 cm³/mol. The molecule has 0 saturated carbocycles. The number of carbonyl (C=O) groups is 2. The highest BCUT2D eigenvalue weighted by Gasteiger charge is 2.21. The summed E-state index contributed by atoms with van der Waals surface area (Å²) in [7, 11) is 0. The number of ether oxygens (including phenoxy) is 2. The van der Waals surface area contributed by atoms with Crippen molar-refractivity contribution in [2.24, 2.45) is 0 Å². The van der Waals surface area contributed by atoms with Crippen LogP contribution in [0.1, 0.15) is 52.9 Å². The Balaban J connectivity index is 4.05. The van der Waals surface area contributed by atoms with Gasteiger partial charge in [-0.2, -0.15) is 0 Å². The summed E-state index contributed by atoms with van der Waals surface area (Å²) < 4.78 is 9.88. The number of nitrogens with one attached hydrogen (secondary N) is 1. The number of alkyl carbamates (subject to hydrolysis) is 1. The molecule has 5 heteroatoms. The average molecular weight is 259 g/mol. The molecule has 1 amide bonds. The summed E-state index contributed by atoms with van der Waals surface area (Å²) in [4.78, 5) is 23.0. The Hall–Kier alpha value is -1.26. The molecule has 0 saturated heterocycles. The molecule has 0 aliphatic rings. The van der Waals surface area contributed by atoms with Crippen molar-refractivity contribution in [1.29, 1.82) is 0 Å². The molecule has 0 aromatic heterocycles. The molecule has 0 aromatic rings. The van der Waals surface area contributed by atoms with Crippen molar-refractivity contribution in [2.45, 2.75) is 58.9 Å². The van der Waals surface area contributed by atoms with Gasteiger partial charge in [0.15, 0.2) is 0 Å². The second-order valence-corrected chi connectivity index (χ2v) is 4.08. The van der Waals surface area contributed by atoms with Crippen LogP contribution in [0, 0.1) is 0 Å². The normalized spacial score (nSPS) is 11.7. The summed E-state index contributed by atoms with van der Waals surface area (Å²) in [5.74, 6) is -0.374. The van der Waals surface area contributed by atoms with Crippen LogP contribution in [0.5, 0.6) is 0 Å². The van der Waals surface area contributed by atoms with E-state index in [2.05, 4.69) is 12.2 Å². The van der Waals surface area contributed by atoms with E-state index in [9.17, 15) is 9.59 Å². The summed E-state index contributed by atoms with van der Waals surface area (Å²) in [6.07, 6.45) is 3.77. The van der Waals surface area contributed by atoms with Crippen molar-refractivity contribution in [1.82, 2.24) is 5.32 Å². The fraction of sp³-hybridized carbons (Fsp3) is 0.846. The predicted octanol–water partition coefficient (Wildman–Crippen LogP) is 2.63. The quantitative estimate of drug-likeness (QED) is 0.510. The van der Waals surface area contributed by atoms with Crippen LogP contribution < -0.4 is 5.32 Å². The van der Waals surface area contributed by atoms with Crippen LogP contribution in [-0.2, 0) is 14.3 Å². The minimum absolute atomic E-state index is 0.288. The Morgan fingerprint density at radius 2 is 1.78 bits per heavy atom. The zero-order valence-corrected chi connectivity index (χ0v) is 11.7. The highest BCUT2D eigenvalue weighted by molar-refractivity contribution is 5.81. The molecule has 1 atom stereocenters. The Morgan fingerprint density at radius 3 is 2.33 bits per heavy atom. The van der Waals surface area contributed by atoms with Gasteiger partial charge in [0.05, 0.1) is 13.2 Å². The van der Waals surface area contributed by atoms with Gasteiger partial charge in [0.2, 0.25) is 0 Å². The molecule has 0 aliphatic carbocycles. The first-order valence-electron chi connectivity index (χ1n) is 6.75. The van der Waals surface area contributed by atoms with Crippen molar-refractivity contribution >= 4 is 12.1 Å². The lowest BCUT2D eigenvalue weighted by Gasteiger charge is -2.16. The van der Waals surface area contributed by atoms with E-state index in [0.29, 0.717) is 13.0 Å². The molecule has 18 heavy (non-hydrogen) atoms. The largest absolute Gasteiger partial charge is 0.464 e. The zero-order valence-electron chi connectivity index (χ0n) is 11.7. The van der Waals surface area contributed by atoms with E-state index in [1.165, 1.54) is 0 Å². The van der Waals surface area contributed by atoms with E-state index in [1.54, 1.807) is 6.92 Å². The third-order valence-corrected chi connectivity index (χ3v) is 2.42. The molecular weight excluding hydrogens is 234 g/mol. The molecule has 0 rings (SSSR count). The molecule has 1 N–H and O–H groups in total. The van der Waals surface area contributed by atoms with Crippen molar-refractivity contribution in [3.05, 3.63) is 0 Å². The molecule has 106 valence electrons. The lowest BCUT2D eigenvalue weighted by Crippen LogP contribution is -2.42. The molecule has 0 fully saturated rings. The number of hydrogen-bond donors (Lipinski definition) is 1. The molecule has 5 nitrogen and oxygen atoms in total. The van der Waals surface area contributed by atoms with Crippen molar-refractivity contribution in [3.63, 3.8) is 0 Å². The fourth-order valence-corrected chi connectivity index (χ4v) is 1.48. The lowest BCUT2D eigenvalue weighted by molar-refractivity contribution is -0.146. The first-order chi connectivity index (χ1) is 8.65. The summed E-state index contributed by atoms with van der Waals surface area (Å²) in [6, 6.07) is -0.601. The molecule has 0 radical (unpaired) electrons. The van der Waals surface area contributed by atoms with E-state index >= 15 is 0 Å². The number of hydrogen-bond acceptors (Lipinski definition) is 4. The van der Waals surface area contributed by atoms with E-state index in [4.69, 9.17) is 9.47 Å². The number of carbonyl (C=O) groups excluding carboxylic acids is 2. The summed E-state index contributed by atoms with van der Waals surface area (Å²) in [5, 5.41) is 2.52. The maximum Gasteiger partial charge on any atom is 0.407 e. The van der Waals surface area contributed by atoms with E-state index < -0.39 is 12.1 Å². The topological polar surface area (TPSA) is 64.6 Å². The summed E-state index contributed by atoms with van der Waals surface area (Å²) >= 11 is 0. The van der Waals surface area contributed by atoms with Crippen LogP contribution in [0.4, 0.5) is 4.79 Å². The monoisotopic (exact) mass is 259 g/mol. The van der Waals surface area contributed by atoms with Gasteiger partial charge in [-0.05, 0) is 19.8 Å². The standard InChI is InChI=1S/C13H25NO4/c1-4-7-8-10-18-12(15)11(9-5-2)14-13(16)17-6-3/h11H,4-10H2,1-3H3,(H,14,16).